The van der Waals surface area contributed by atoms with Crippen LogP contribution in [-0.4, -0.2) is 24.1 Å². The molecule has 18 heavy (non-hydrogen) atoms. The van der Waals surface area contributed by atoms with Crippen molar-refractivity contribution in [3.63, 3.8) is 0 Å². The van der Waals surface area contributed by atoms with E-state index in [0.717, 1.165) is 12.0 Å². The van der Waals surface area contributed by atoms with E-state index in [0.29, 0.717) is 0 Å². The van der Waals surface area contributed by atoms with Crippen LogP contribution in [0.5, 0.6) is 0 Å². The van der Waals surface area contributed by atoms with Crippen LogP contribution >= 0.6 is 11.8 Å². The second-order valence-electron chi connectivity index (χ2n) is 5.63. The molecular weight excluding hydrogens is 238 g/mol. The van der Waals surface area contributed by atoms with E-state index in [1.54, 1.807) is 5.56 Å². The first-order valence-electron chi connectivity index (χ1n) is 7.32. The number of hydrogen-bond acceptors (Lipinski definition) is 2. The zero-order valence-corrected chi connectivity index (χ0v) is 11.8. The van der Waals surface area contributed by atoms with E-state index in [2.05, 4.69) is 41.3 Å². The lowest BCUT2D eigenvalue weighted by atomic mass is 9.91. The SMILES string of the molecule is c1cc(CC2CCCN2)cc(C2CCSCC2)c1. The summed E-state index contributed by atoms with van der Waals surface area (Å²) in [7, 11) is 0. The summed E-state index contributed by atoms with van der Waals surface area (Å²) < 4.78 is 0. The maximum Gasteiger partial charge on any atom is 0.0108 e. The lowest BCUT2D eigenvalue weighted by molar-refractivity contribution is 0.599. The number of rotatable bonds is 3. The summed E-state index contributed by atoms with van der Waals surface area (Å²) in [5, 5.41) is 3.60. The monoisotopic (exact) mass is 261 g/mol. The summed E-state index contributed by atoms with van der Waals surface area (Å²) in [4.78, 5) is 0. The molecular formula is C16H23NS. The van der Waals surface area contributed by atoms with Gasteiger partial charge in [0, 0.05) is 6.04 Å². The molecule has 98 valence electrons. The summed E-state index contributed by atoms with van der Waals surface area (Å²) in [5.41, 5.74) is 3.12. The predicted octanol–water partition coefficient (Wildman–Crippen LogP) is 3.59. The Morgan fingerprint density at radius 1 is 1.17 bits per heavy atom. The third-order valence-corrected chi connectivity index (χ3v) is 5.34. The topological polar surface area (TPSA) is 12.0 Å². The highest BCUT2D eigenvalue weighted by Crippen LogP contribution is 2.32. The maximum absolute atomic E-state index is 3.60. The molecule has 2 aliphatic rings. The summed E-state index contributed by atoms with van der Waals surface area (Å²) in [6.07, 6.45) is 6.66. The molecule has 1 atom stereocenters. The molecule has 2 saturated heterocycles. The van der Waals surface area contributed by atoms with Crippen LogP contribution in [0, 0.1) is 0 Å². The predicted molar refractivity (Wildman–Crippen MR) is 80.5 cm³/mol. The van der Waals surface area contributed by atoms with Crippen LogP contribution in [0.1, 0.15) is 42.7 Å². The van der Waals surface area contributed by atoms with Gasteiger partial charge in [-0.05, 0) is 67.2 Å². The van der Waals surface area contributed by atoms with Crippen molar-refractivity contribution >= 4 is 11.8 Å². The van der Waals surface area contributed by atoms with E-state index in [1.165, 1.54) is 55.7 Å². The summed E-state index contributed by atoms with van der Waals surface area (Å²) in [6.45, 7) is 1.21. The van der Waals surface area contributed by atoms with Crippen molar-refractivity contribution < 1.29 is 0 Å². The van der Waals surface area contributed by atoms with Gasteiger partial charge in [0.05, 0.1) is 0 Å². The molecule has 0 radical (unpaired) electrons. The quantitative estimate of drug-likeness (QED) is 0.892. The largest absolute Gasteiger partial charge is 0.314 e. The lowest BCUT2D eigenvalue weighted by Crippen LogP contribution is -2.23. The lowest BCUT2D eigenvalue weighted by Gasteiger charge is -2.22. The van der Waals surface area contributed by atoms with Crippen LogP contribution in [0.15, 0.2) is 24.3 Å². The molecule has 1 nitrogen and oxygen atoms in total. The molecule has 1 N–H and O–H groups in total. The van der Waals surface area contributed by atoms with Crippen molar-refractivity contribution in [2.24, 2.45) is 0 Å². The summed E-state index contributed by atoms with van der Waals surface area (Å²) in [6, 6.07) is 10.1. The second kappa shape index (κ2) is 6.12. The normalized spacial score (nSPS) is 25.4. The third-order valence-electron chi connectivity index (χ3n) is 4.29. The second-order valence-corrected chi connectivity index (χ2v) is 6.85. The summed E-state index contributed by atoms with van der Waals surface area (Å²) in [5.74, 6) is 3.51. The number of nitrogens with one attached hydrogen (secondary N) is 1. The first-order chi connectivity index (χ1) is 8.92. The van der Waals surface area contributed by atoms with Crippen molar-refractivity contribution in [1.82, 2.24) is 5.32 Å². The highest BCUT2D eigenvalue weighted by atomic mass is 32.2. The van der Waals surface area contributed by atoms with Gasteiger partial charge in [-0.1, -0.05) is 24.3 Å². The first kappa shape index (κ1) is 12.6. The van der Waals surface area contributed by atoms with Crippen molar-refractivity contribution in [2.75, 3.05) is 18.1 Å². The molecule has 0 spiro atoms. The molecule has 2 aliphatic heterocycles. The molecule has 2 heteroatoms. The van der Waals surface area contributed by atoms with Crippen LogP contribution in [-0.2, 0) is 6.42 Å². The maximum atomic E-state index is 3.60. The number of benzene rings is 1. The molecule has 0 aliphatic carbocycles. The third kappa shape index (κ3) is 3.10. The van der Waals surface area contributed by atoms with Gasteiger partial charge < -0.3 is 5.32 Å². The zero-order chi connectivity index (χ0) is 12.2. The Bertz CT molecular complexity index is 378. The van der Waals surface area contributed by atoms with Gasteiger partial charge >= 0.3 is 0 Å². The number of thioether (sulfide) groups is 1. The highest BCUT2D eigenvalue weighted by molar-refractivity contribution is 7.99. The Kier molecular flexibility index (Phi) is 4.27. The van der Waals surface area contributed by atoms with Gasteiger partial charge in [-0.2, -0.15) is 11.8 Å². The van der Waals surface area contributed by atoms with Gasteiger partial charge in [-0.3, -0.25) is 0 Å². The zero-order valence-electron chi connectivity index (χ0n) is 11.0. The van der Waals surface area contributed by atoms with E-state index in [4.69, 9.17) is 0 Å². The fourth-order valence-corrected chi connectivity index (χ4v) is 4.33. The van der Waals surface area contributed by atoms with Gasteiger partial charge in [-0.25, -0.2) is 0 Å². The molecule has 0 bridgehead atoms. The van der Waals surface area contributed by atoms with E-state index in [-0.39, 0.29) is 0 Å². The minimum Gasteiger partial charge on any atom is -0.314 e. The minimum atomic E-state index is 0.724. The van der Waals surface area contributed by atoms with Crippen molar-refractivity contribution in [3.8, 4) is 0 Å². The van der Waals surface area contributed by atoms with Gasteiger partial charge in [0.1, 0.15) is 0 Å². The van der Waals surface area contributed by atoms with E-state index >= 15 is 0 Å². The Hall–Kier alpha value is -0.470. The Morgan fingerprint density at radius 2 is 2.06 bits per heavy atom. The molecule has 1 unspecified atom stereocenters. The molecule has 0 saturated carbocycles. The van der Waals surface area contributed by atoms with E-state index in [9.17, 15) is 0 Å². The Labute approximate surface area is 115 Å². The standard InChI is InChI=1S/C16H23NS/c1-3-13(12-16-5-2-8-17-16)11-15(4-1)14-6-9-18-10-7-14/h1,3-4,11,14,16-17H,2,5-10,12H2. The van der Waals surface area contributed by atoms with Crippen molar-refractivity contribution in [1.29, 1.82) is 0 Å². The van der Waals surface area contributed by atoms with Crippen molar-refractivity contribution in [2.45, 2.75) is 44.1 Å². The average Bonchev–Trinajstić information content (AvgIpc) is 2.93. The molecule has 1 aromatic rings. The molecule has 2 fully saturated rings. The van der Waals surface area contributed by atoms with Gasteiger partial charge in [0.15, 0.2) is 0 Å². The summed E-state index contributed by atoms with van der Waals surface area (Å²) >= 11 is 2.11. The smallest absolute Gasteiger partial charge is 0.0108 e. The van der Waals surface area contributed by atoms with Crippen molar-refractivity contribution in [3.05, 3.63) is 35.4 Å². The average molecular weight is 261 g/mol. The van der Waals surface area contributed by atoms with Crippen LogP contribution in [0.3, 0.4) is 0 Å². The molecule has 0 aromatic heterocycles. The van der Waals surface area contributed by atoms with Crippen LogP contribution in [0.4, 0.5) is 0 Å². The Morgan fingerprint density at radius 3 is 2.83 bits per heavy atom. The van der Waals surface area contributed by atoms with Gasteiger partial charge in [0.2, 0.25) is 0 Å². The molecule has 1 aromatic carbocycles. The van der Waals surface area contributed by atoms with E-state index < -0.39 is 0 Å². The van der Waals surface area contributed by atoms with Gasteiger partial charge in [-0.15, -0.1) is 0 Å². The van der Waals surface area contributed by atoms with Crippen LogP contribution in [0.25, 0.3) is 0 Å². The molecule has 2 heterocycles. The van der Waals surface area contributed by atoms with Crippen LogP contribution < -0.4 is 5.32 Å². The van der Waals surface area contributed by atoms with Crippen LogP contribution in [0.2, 0.25) is 0 Å². The first-order valence-corrected chi connectivity index (χ1v) is 8.47. The molecule has 0 amide bonds. The number of hydrogen-bond donors (Lipinski definition) is 1. The van der Waals surface area contributed by atoms with E-state index in [1.807, 2.05) is 0 Å². The van der Waals surface area contributed by atoms with Gasteiger partial charge in [0.25, 0.3) is 0 Å². The fraction of sp³-hybridized carbons (Fsp3) is 0.625. The minimum absolute atomic E-state index is 0.724. The highest BCUT2D eigenvalue weighted by Gasteiger charge is 2.17. The Balaban J connectivity index is 1.67. The molecule has 3 rings (SSSR count). The fourth-order valence-electron chi connectivity index (χ4n) is 3.22.